The van der Waals surface area contributed by atoms with Gasteiger partial charge in [0.25, 0.3) is 5.91 Å². The number of aromatic nitrogens is 3. The van der Waals surface area contributed by atoms with E-state index in [4.69, 9.17) is 0 Å². The number of nitrogens with zero attached hydrogens (tertiary/aromatic N) is 3. The van der Waals surface area contributed by atoms with E-state index in [0.717, 1.165) is 12.0 Å². The average molecular weight is 257 g/mol. The summed E-state index contributed by atoms with van der Waals surface area (Å²) in [7, 11) is 1.75. The van der Waals surface area contributed by atoms with Crippen LogP contribution in [0.1, 0.15) is 16.1 Å². The van der Waals surface area contributed by atoms with Crippen molar-refractivity contribution in [2.24, 2.45) is 0 Å². The molecule has 0 radical (unpaired) electrons. The zero-order valence-corrected chi connectivity index (χ0v) is 10.6. The van der Waals surface area contributed by atoms with Crippen molar-refractivity contribution >= 4 is 11.7 Å². The maximum absolute atomic E-state index is 11.8. The van der Waals surface area contributed by atoms with Gasteiger partial charge in [0.2, 0.25) is 0 Å². The second-order valence-corrected chi connectivity index (χ2v) is 3.90. The number of pyridine rings is 1. The third-order valence-electron chi connectivity index (χ3n) is 2.59. The Morgan fingerprint density at radius 3 is 2.63 bits per heavy atom. The molecule has 6 heteroatoms. The minimum absolute atomic E-state index is 0.218. The topological polar surface area (TPSA) is 79.8 Å². The lowest BCUT2D eigenvalue weighted by Gasteiger charge is -2.05. The summed E-state index contributed by atoms with van der Waals surface area (Å²) < 4.78 is 0. The van der Waals surface area contributed by atoms with E-state index in [9.17, 15) is 4.79 Å². The van der Waals surface area contributed by atoms with E-state index in [1.54, 1.807) is 19.4 Å². The largest absolute Gasteiger partial charge is 0.372 e. The summed E-state index contributed by atoms with van der Waals surface area (Å²) in [5.41, 5.74) is 1.45. The fraction of sp³-hybridized carbons (Fsp3) is 0.231. The molecule has 0 spiro atoms. The van der Waals surface area contributed by atoms with Gasteiger partial charge in [-0.05, 0) is 24.1 Å². The first-order chi connectivity index (χ1) is 9.29. The highest BCUT2D eigenvalue weighted by Gasteiger charge is 2.06. The van der Waals surface area contributed by atoms with Crippen molar-refractivity contribution in [2.45, 2.75) is 6.42 Å². The summed E-state index contributed by atoms with van der Waals surface area (Å²) in [5, 5.41) is 5.65. The smallest absolute Gasteiger partial charge is 0.271 e. The van der Waals surface area contributed by atoms with Gasteiger partial charge in [-0.25, -0.2) is 9.97 Å². The van der Waals surface area contributed by atoms with Gasteiger partial charge in [-0.2, -0.15) is 0 Å². The molecule has 0 saturated heterocycles. The molecule has 2 N–H and O–H groups in total. The first kappa shape index (κ1) is 12.9. The Kier molecular flexibility index (Phi) is 4.39. The molecule has 2 aromatic heterocycles. The van der Waals surface area contributed by atoms with Crippen molar-refractivity contribution in [3.63, 3.8) is 0 Å². The van der Waals surface area contributed by atoms with Crippen LogP contribution in [0.25, 0.3) is 0 Å². The molecule has 0 aliphatic heterocycles. The van der Waals surface area contributed by atoms with Gasteiger partial charge in [-0.1, -0.05) is 0 Å². The summed E-state index contributed by atoms with van der Waals surface area (Å²) in [6, 6.07) is 3.85. The van der Waals surface area contributed by atoms with Gasteiger partial charge in [-0.15, -0.1) is 0 Å². The monoisotopic (exact) mass is 257 g/mol. The van der Waals surface area contributed by atoms with Crippen molar-refractivity contribution in [1.82, 2.24) is 20.3 Å². The van der Waals surface area contributed by atoms with Crippen LogP contribution in [0.2, 0.25) is 0 Å². The number of hydrogen-bond acceptors (Lipinski definition) is 5. The molecular formula is C13H15N5O. The predicted molar refractivity (Wildman–Crippen MR) is 71.9 cm³/mol. The first-order valence-electron chi connectivity index (χ1n) is 5.96. The molecular weight excluding hydrogens is 242 g/mol. The minimum atomic E-state index is -0.218. The van der Waals surface area contributed by atoms with Gasteiger partial charge in [0.1, 0.15) is 11.5 Å². The van der Waals surface area contributed by atoms with Crippen molar-refractivity contribution in [3.8, 4) is 0 Å². The Hall–Kier alpha value is -2.50. The molecule has 0 bridgehead atoms. The van der Waals surface area contributed by atoms with Crippen LogP contribution < -0.4 is 10.6 Å². The van der Waals surface area contributed by atoms with E-state index in [1.807, 2.05) is 12.1 Å². The second-order valence-electron chi connectivity index (χ2n) is 3.90. The summed E-state index contributed by atoms with van der Waals surface area (Å²) in [6.45, 7) is 0.554. The highest BCUT2D eigenvalue weighted by atomic mass is 16.1. The number of nitrogens with one attached hydrogen (secondary N) is 2. The van der Waals surface area contributed by atoms with E-state index < -0.39 is 0 Å². The highest BCUT2D eigenvalue weighted by Crippen LogP contribution is 2.00. The first-order valence-corrected chi connectivity index (χ1v) is 5.96. The lowest BCUT2D eigenvalue weighted by atomic mass is 10.2. The molecule has 19 heavy (non-hydrogen) atoms. The lowest BCUT2D eigenvalue weighted by molar-refractivity contribution is 0.0949. The average Bonchev–Trinajstić information content (AvgIpc) is 2.48. The standard InChI is InChI=1S/C13H15N5O/c1-14-12-9-17-11(8-18-12)13(19)16-7-4-10-2-5-15-6-3-10/h2-3,5-6,8-9H,4,7H2,1H3,(H,14,18)(H,16,19). The number of hydrogen-bond donors (Lipinski definition) is 2. The van der Waals surface area contributed by atoms with Gasteiger partial charge < -0.3 is 10.6 Å². The zero-order chi connectivity index (χ0) is 13.5. The molecule has 0 fully saturated rings. The van der Waals surface area contributed by atoms with Crippen LogP contribution in [-0.2, 0) is 6.42 Å². The molecule has 0 aliphatic rings. The zero-order valence-electron chi connectivity index (χ0n) is 10.6. The molecule has 6 nitrogen and oxygen atoms in total. The Labute approximate surface area is 111 Å². The lowest BCUT2D eigenvalue weighted by Crippen LogP contribution is -2.26. The maximum Gasteiger partial charge on any atom is 0.271 e. The van der Waals surface area contributed by atoms with Crippen LogP contribution in [0.3, 0.4) is 0 Å². The Morgan fingerprint density at radius 2 is 2.00 bits per heavy atom. The summed E-state index contributed by atoms with van der Waals surface area (Å²) in [4.78, 5) is 23.8. The number of carbonyl (C=O) groups is 1. The van der Waals surface area contributed by atoms with Crippen molar-refractivity contribution < 1.29 is 4.79 Å². The predicted octanol–water partition coefficient (Wildman–Crippen LogP) is 0.886. The molecule has 2 rings (SSSR count). The van der Waals surface area contributed by atoms with Crippen LogP contribution in [0, 0.1) is 0 Å². The number of amides is 1. The van der Waals surface area contributed by atoms with E-state index in [-0.39, 0.29) is 5.91 Å². The maximum atomic E-state index is 11.8. The van der Waals surface area contributed by atoms with E-state index in [1.165, 1.54) is 12.4 Å². The summed E-state index contributed by atoms with van der Waals surface area (Å²) >= 11 is 0. The third kappa shape index (κ3) is 3.74. The van der Waals surface area contributed by atoms with Crippen LogP contribution in [0.4, 0.5) is 5.82 Å². The normalized spacial score (nSPS) is 9.95. The van der Waals surface area contributed by atoms with Crippen LogP contribution in [0.15, 0.2) is 36.9 Å². The number of anilines is 1. The molecule has 0 saturated carbocycles. The third-order valence-corrected chi connectivity index (χ3v) is 2.59. The van der Waals surface area contributed by atoms with Gasteiger partial charge in [-0.3, -0.25) is 9.78 Å². The van der Waals surface area contributed by atoms with E-state index in [0.29, 0.717) is 18.1 Å². The van der Waals surface area contributed by atoms with Crippen LogP contribution in [0.5, 0.6) is 0 Å². The van der Waals surface area contributed by atoms with Gasteiger partial charge in [0, 0.05) is 26.0 Å². The summed E-state index contributed by atoms with van der Waals surface area (Å²) in [6.07, 6.45) is 7.21. The molecule has 2 heterocycles. The Balaban J connectivity index is 1.84. The van der Waals surface area contributed by atoms with E-state index >= 15 is 0 Å². The quantitative estimate of drug-likeness (QED) is 0.831. The van der Waals surface area contributed by atoms with Gasteiger partial charge in [0.15, 0.2) is 0 Å². The molecule has 0 aromatic carbocycles. The summed E-state index contributed by atoms with van der Waals surface area (Å²) in [5.74, 6) is 0.414. The van der Waals surface area contributed by atoms with Gasteiger partial charge >= 0.3 is 0 Å². The molecule has 0 aliphatic carbocycles. The molecule has 98 valence electrons. The van der Waals surface area contributed by atoms with Gasteiger partial charge in [0.05, 0.1) is 12.4 Å². The molecule has 1 amide bonds. The molecule has 0 atom stereocenters. The van der Waals surface area contributed by atoms with Crippen molar-refractivity contribution in [2.75, 3.05) is 18.9 Å². The SMILES string of the molecule is CNc1cnc(C(=O)NCCc2ccncc2)cn1. The van der Waals surface area contributed by atoms with E-state index in [2.05, 4.69) is 25.6 Å². The van der Waals surface area contributed by atoms with Crippen molar-refractivity contribution in [1.29, 1.82) is 0 Å². The minimum Gasteiger partial charge on any atom is -0.372 e. The highest BCUT2D eigenvalue weighted by molar-refractivity contribution is 5.91. The Morgan fingerprint density at radius 1 is 1.21 bits per heavy atom. The second kappa shape index (κ2) is 6.44. The number of carbonyl (C=O) groups excluding carboxylic acids is 1. The fourth-order valence-electron chi connectivity index (χ4n) is 1.53. The van der Waals surface area contributed by atoms with Crippen LogP contribution in [-0.4, -0.2) is 34.5 Å². The number of rotatable bonds is 5. The fourth-order valence-corrected chi connectivity index (χ4v) is 1.53. The Bertz CT molecular complexity index is 526. The molecule has 2 aromatic rings. The van der Waals surface area contributed by atoms with Crippen molar-refractivity contribution in [3.05, 3.63) is 48.2 Å². The molecule has 0 unspecified atom stereocenters. The van der Waals surface area contributed by atoms with Crippen LogP contribution >= 0.6 is 0 Å².